The highest BCUT2D eigenvalue weighted by Crippen LogP contribution is 2.36. The Morgan fingerprint density at radius 2 is 1.95 bits per heavy atom. The van der Waals surface area contributed by atoms with Crippen LogP contribution < -0.4 is 10.6 Å². The van der Waals surface area contributed by atoms with Crippen molar-refractivity contribution in [3.63, 3.8) is 0 Å². The molecule has 0 radical (unpaired) electrons. The molecule has 0 amide bonds. The number of nitrogens with one attached hydrogen (secondary N) is 2. The van der Waals surface area contributed by atoms with Gasteiger partial charge in [0.15, 0.2) is 0 Å². The van der Waals surface area contributed by atoms with E-state index < -0.39 is 11.7 Å². The van der Waals surface area contributed by atoms with Crippen LogP contribution in [0.5, 0.6) is 0 Å². The standard InChI is InChI=1S/C17H23F3N2/c1-10-6-5-7-14(10)22-12(3)16-11(2)8-13(17(18,19)20)9-15(16)21-4/h8-10,14,21-22H,3,5-7H2,1-2,4H3. The van der Waals surface area contributed by atoms with Gasteiger partial charge in [-0.2, -0.15) is 13.2 Å². The zero-order chi connectivity index (χ0) is 16.5. The van der Waals surface area contributed by atoms with E-state index in [1.54, 1.807) is 14.0 Å². The number of rotatable bonds is 4. The van der Waals surface area contributed by atoms with Crippen LogP contribution in [0.4, 0.5) is 18.9 Å². The van der Waals surface area contributed by atoms with E-state index in [0.29, 0.717) is 28.9 Å². The van der Waals surface area contributed by atoms with Crippen molar-refractivity contribution in [2.45, 2.75) is 45.3 Å². The summed E-state index contributed by atoms with van der Waals surface area (Å²) >= 11 is 0. The molecule has 0 aromatic heterocycles. The molecule has 1 aromatic carbocycles. The Bertz CT molecular complexity index is 564. The Balaban J connectivity index is 2.31. The van der Waals surface area contributed by atoms with Crippen LogP contribution in [0.25, 0.3) is 5.70 Å². The number of alkyl halides is 3. The van der Waals surface area contributed by atoms with Gasteiger partial charge in [-0.05, 0) is 43.4 Å². The predicted octanol–water partition coefficient (Wildman–Crippen LogP) is 4.80. The molecule has 0 aliphatic heterocycles. The Morgan fingerprint density at radius 1 is 1.27 bits per heavy atom. The molecular weight excluding hydrogens is 289 g/mol. The van der Waals surface area contributed by atoms with E-state index in [1.165, 1.54) is 18.9 Å². The lowest BCUT2D eigenvalue weighted by atomic mass is 9.98. The third-order valence-corrected chi connectivity index (χ3v) is 4.46. The normalized spacial score (nSPS) is 21.7. The van der Waals surface area contributed by atoms with Gasteiger partial charge in [0.05, 0.1) is 5.56 Å². The van der Waals surface area contributed by atoms with Gasteiger partial charge in [-0.25, -0.2) is 0 Å². The minimum Gasteiger partial charge on any atom is -0.388 e. The molecule has 5 heteroatoms. The molecule has 2 nitrogen and oxygen atoms in total. The van der Waals surface area contributed by atoms with Crippen molar-refractivity contribution >= 4 is 11.4 Å². The van der Waals surface area contributed by atoms with Gasteiger partial charge < -0.3 is 10.6 Å². The van der Waals surface area contributed by atoms with Crippen molar-refractivity contribution in [3.8, 4) is 0 Å². The van der Waals surface area contributed by atoms with Gasteiger partial charge in [0.1, 0.15) is 0 Å². The SMILES string of the molecule is C=C(NC1CCCC1C)c1c(C)cc(C(F)(F)F)cc1NC. The van der Waals surface area contributed by atoms with Gasteiger partial charge in [0.2, 0.25) is 0 Å². The lowest BCUT2D eigenvalue weighted by Crippen LogP contribution is -2.30. The number of hydrogen-bond donors (Lipinski definition) is 2. The highest BCUT2D eigenvalue weighted by atomic mass is 19.4. The Hall–Kier alpha value is -1.65. The minimum absolute atomic E-state index is 0.346. The Kier molecular flexibility index (Phi) is 4.73. The lowest BCUT2D eigenvalue weighted by Gasteiger charge is -2.24. The molecule has 1 saturated carbocycles. The smallest absolute Gasteiger partial charge is 0.388 e. The largest absolute Gasteiger partial charge is 0.416 e. The van der Waals surface area contributed by atoms with Crippen LogP contribution in [0.1, 0.15) is 42.9 Å². The quantitative estimate of drug-likeness (QED) is 0.834. The fraction of sp³-hybridized carbons (Fsp3) is 0.529. The van der Waals surface area contributed by atoms with Crippen LogP contribution in [0.3, 0.4) is 0 Å². The topological polar surface area (TPSA) is 24.1 Å². The number of halogens is 3. The average molecular weight is 312 g/mol. The lowest BCUT2D eigenvalue weighted by molar-refractivity contribution is -0.137. The minimum atomic E-state index is -4.34. The van der Waals surface area contributed by atoms with E-state index in [9.17, 15) is 13.2 Å². The van der Waals surface area contributed by atoms with Gasteiger partial charge in [-0.1, -0.05) is 19.9 Å². The maximum Gasteiger partial charge on any atom is 0.416 e. The predicted molar refractivity (Wildman–Crippen MR) is 84.7 cm³/mol. The zero-order valence-electron chi connectivity index (χ0n) is 13.3. The highest BCUT2D eigenvalue weighted by molar-refractivity contribution is 5.77. The van der Waals surface area contributed by atoms with Crippen LogP contribution in [0.2, 0.25) is 0 Å². The molecule has 0 bridgehead atoms. The molecule has 2 atom stereocenters. The van der Waals surface area contributed by atoms with E-state index in [2.05, 4.69) is 24.1 Å². The first-order valence-electron chi connectivity index (χ1n) is 7.59. The summed E-state index contributed by atoms with van der Waals surface area (Å²) in [6.07, 6.45) is -0.912. The van der Waals surface area contributed by atoms with Crippen molar-refractivity contribution in [2.24, 2.45) is 5.92 Å². The van der Waals surface area contributed by atoms with Gasteiger partial charge in [0, 0.05) is 30.0 Å². The molecule has 2 N–H and O–H groups in total. The third kappa shape index (κ3) is 3.39. The fourth-order valence-corrected chi connectivity index (χ4v) is 3.20. The first-order valence-corrected chi connectivity index (χ1v) is 7.59. The zero-order valence-corrected chi connectivity index (χ0v) is 13.3. The second kappa shape index (κ2) is 6.23. The fourth-order valence-electron chi connectivity index (χ4n) is 3.20. The molecular formula is C17H23F3N2. The van der Waals surface area contributed by atoms with E-state index in [-0.39, 0.29) is 0 Å². The molecule has 1 aliphatic rings. The molecule has 22 heavy (non-hydrogen) atoms. The van der Waals surface area contributed by atoms with Crippen LogP contribution in [0.15, 0.2) is 18.7 Å². The van der Waals surface area contributed by atoms with Crippen LogP contribution >= 0.6 is 0 Å². The van der Waals surface area contributed by atoms with E-state index in [0.717, 1.165) is 18.1 Å². The van der Waals surface area contributed by atoms with Gasteiger partial charge >= 0.3 is 6.18 Å². The number of hydrogen-bond acceptors (Lipinski definition) is 2. The van der Waals surface area contributed by atoms with Crippen molar-refractivity contribution in [2.75, 3.05) is 12.4 Å². The van der Waals surface area contributed by atoms with Gasteiger partial charge in [-0.3, -0.25) is 0 Å². The molecule has 1 aliphatic carbocycles. The van der Waals surface area contributed by atoms with E-state index in [1.807, 2.05) is 0 Å². The summed E-state index contributed by atoms with van der Waals surface area (Å²) in [5.74, 6) is 0.560. The van der Waals surface area contributed by atoms with Gasteiger partial charge in [0.25, 0.3) is 0 Å². The summed E-state index contributed by atoms with van der Waals surface area (Å²) in [7, 11) is 1.63. The third-order valence-electron chi connectivity index (χ3n) is 4.46. The Labute approximate surface area is 129 Å². The average Bonchev–Trinajstić information content (AvgIpc) is 2.82. The van der Waals surface area contributed by atoms with Crippen molar-refractivity contribution in [1.82, 2.24) is 5.32 Å². The van der Waals surface area contributed by atoms with Crippen molar-refractivity contribution < 1.29 is 13.2 Å². The second-order valence-electron chi connectivity index (χ2n) is 6.10. The van der Waals surface area contributed by atoms with Crippen LogP contribution in [-0.2, 0) is 6.18 Å². The molecule has 2 unspecified atom stereocenters. The summed E-state index contributed by atoms with van der Waals surface area (Å²) in [5, 5.41) is 6.27. The first kappa shape index (κ1) is 16.7. The monoisotopic (exact) mass is 312 g/mol. The summed E-state index contributed by atoms with van der Waals surface area (Å²) in [6, 6.07) is 2.67. The summed E-state index contributed by atoms with van der Waals surface area (Å²) in [4.78, 5) is 0. The van der Waals surface area contributed by atoms with Crippen LogP contribution in [0, 0.1) is 12.8 Å². The maximum atomic E-state index is 12.9. The Morgan fingerprint density at radius 3 is 2.45 bits per heavy atom. The second-order valence-corrected chi connectivity index (χ2v) is 6.10. The van der Waals surface area contributed by atoms with Crippen molar-refractivity contribution in [1.29, 1.82) is 0 Å². The number of aryl methyl sites for hydroxylation is 1. The summed E-state index contributed by atoms with van der Waals surface area (Å²) in [6.45, 7) is 7.93. The molecule has 2 rings (SSSR count). The van der Waals surface area contributed by atoms with Gasteiger partial charge in [-0.15, -0.1) is 0 Å². The molecule has 0 spiro atoms. The summed E-state index contributed by atoms with van der Waals surface area (Å²) < 4.78 is 38.8. The number of anilines is 1. The van der Waals surface area contributed by atoms with Crippen LogP contribution in [-0.4, -0.2) is 13.1 Å². The molecule has 1 aromatic rings. The molecule has 122 valence electrons. The first-order chi connectivity index (χ1) is 10.2. The number of benzene rings is 1. The van der Waals surface area contributed by atoms with Crippen molar-refractivity contribution in [3.05, 3.63) is 35.4 Å². The van der Waals surface area contributed by atoms with E-state index >= 15 is 0 Å². The van der Waals surface area contributed by atoms with E-state index in [4.69, 9.17) is 0 Å². The molecule has 0 saturated heterocycles. The maximum absolute atomic E-state index is 12.9. The highest BCUT2D eigenvalue weighted by Gasteiger charge is 2.32. The summed E-state index contributed by atoms with van der Waals surface area (Å²) in [5.41, 5.74) is 1.81. The molecule has 0 heterocycles. The molecule has 1 fully saturated rings.